The summed E-state index contributed by atoms with van der Waals surface area (Å²) in [6, 6.07) is 9.33. The lowest BCUT2D eigenvalue weighted by Gasteiger charge is -2.22. The van der Waals surface area contributed by atoms with Crippen molar-refractivity contribution in [2.45, 2.75) is 38.6 Å². The summed E-state index contributed by atoms with van der Waals surface area (Å²) in [5, 5.41) is 11.7. The average Bonchev–Trinajstić information content (AvgIpc) is 2.88. The maximum atomic E-state index is 12.1. The third-order valence-corrected chi connectivity index (χ3v) is 4.54. The van der Waals surface area contributed by atoms with E-state index in [0.29, 0.717) is 12.1 Å². The van der Waals surface area contributed by atoms with E-state index in [1.54, 1.807) is 17.0 Å². The maximum absolute atomic E-state index is 12.1. The van der Waals surface area contributed by atoms with E-state index in [1.807, 2.05) is 19.2 Å². The van der Waals surface area contributed by atoms with Gasteiger partial charge < -0.3 is 15.1 Å². The summed E-state index contributed by atoms with van der Waals surface area (Å²) in [7, 11) is 1.84. The van der Waals surface area contributed by atoms with Crippen molar-refractivity contribution in [3.8, 4) is 6.07 Å². The Bertz CT molecular complexity index is 541. The number of nitrogens with one attached hydrogen (secondary N) is 1. The third-order valence-electron chi connectivity index (χ3n) is 4.54. The summed E-state index contributed by atoms with van der Waals surface area (Å²) >= 11 is 0. The van der Waals surface area contributed by atoms with E-state index in [9.17, 15) is 4.79 Å². The smallest absolute Gasteiger partial charge is 0.317 e. The highest BCUT2D eigenvalue weighted by Crippen LogP contribution is 2.10. The van der Waals surface area contributed by atoms with E-state index < -0.39 is 0 Å². The highest BCUT2D eigenvalue weighted by molar-refractivity contribution is 5.73. The van der Waals surface area contributed by atoms with Crippen molar-refractivity contribution < 1.29 is 4.79 Å². The van der Waals surface area contributed by atoms with Crippen LogP contribution in [0.25, 0.3) is 0 Å². The van der Waals surface area contributed by atoms with Gasteiger partial charge in [0.15, 0.2) is 0 Å². The van der Waals surface area contributed by atoms with Crippen molar-refractivity contribution in [3.05, 3.63) is 35.4 Å². The minimum atomic E-state index is -0.0461. The molecule has 0 aliphatic carbocycles. The molecule has 2 rings (SSSR count). The Morgan fingerprint density at radius 3 is 2.50 bits per heavy atom. The number of benzene rings is 1. The number of likely N-dealkylation sites (tertiary alicyclic amines) is 1. The Kier molecular flexibility index (Phi) is 7.57. The number of rotatable bonds is 6. The fourth-order valence-electron chi connectivity index (χ4n) is 3.00. The first kappa shape index (κ1) is 18.3. The number of nitrogens with zero attached hydrogens (tertiary/aromatic N) is 3. The van der Waals surface area contributed by atoms with Gasteiger partial charge in [-0.15, -0.1) is 0 Å². The predicted octanol–water partition coefficient (Wildman–Crippen LogP) is 2.97. The lowest BCUT2D eigenvalue weighted by Crippen LogP contribution is -2.38. The van der Waals surface area contributed by atoms with Crippen molar-refractivity contribution in [2.24, 2.45) is 0 Å². The zero-order valence-electron chi connectivity index (χ0n) is 14.6. The molecule has 130 valence electrons. The highest BCUT2D eigenvalue weighted by Gasteiger charge is 2.11. The van der Waals surface area contributed by atoms with Crippen LogP contribution in [0.15, 0.2) is 24.3 Å². The summed E-state index contributed by atoms with van der Waals surface area (Å²) in [5.41, 5.74) is 1.64. The molecule has 24 heavy (non-hydrogen) atoms. The first-order chi connectivity index (χ1) is 11.7. The van der Waals surface area contributed by atoms with E-state index in [0.717, 1.165) is 25.1 Å². The first-order valence-corrected chi connectivity index (χ1v) is 8.89. The summed E-state index contributed by atoms with van der Waals surface area (Å²) in [5.74, 6) is 0. The van der Waals surface area contributed by atoms with E-state index in [4.69, 9.17) is 5.26 Å². The molecule has 0 unspecified atom stereocenters. The minimum Gasteiger partial charge on any atom is -0.334 e. The van der Waals surface area contributed by atoms with Gasteiger partial charge in [0.2, 0.25) is 0 Å². The number of hydrogen-bond donors (Lipinski definition) is 1. The molecule has 5 nitrogen and oxygen atoms in total. The largest absolute Gasteiger partial charge is 0.334 e. The molecule has 0 bridgehead atoms. The molecule has 0 radical (unpaired) electrons. The average molecular weight is 328 g/mol. The van der Waals surface area contributed by atoms with E-state index in [1.165, 1.54) is 38.8 Å². The van der Waals surface area contributed by atoms with Gasteiger partial charge in [-0.2, -0.15) is 5.26 Å². The Morgan fingerprint density at radius 2 is 1.88 bits per heavy atom. The van der Waals surface area contributed by atoms with E-state index >= 15 is 0 Å². The molecule has 1 aliphatic rings. The van der Waals surface area contributed by atoms with Crippen molar-refractivity contribution >= 4 is 6.03 Å². The second-order valence-corrected chi connectivity index (χ2v) is 6.50. The van der Waals surface area contributed by atoms with Crippen LogP contribution in [0, 0.1) is 11.3 Å². The molecule has 1 fully saturated rings. The van der Waals surface area contributed by atoms with Gasteiger partial charge >= 0.3 is 6.03 Å². The van der Waals surface area contributed by atoms with Gasteiger partial charge in [0.1, 0.15) is 0 Å². The topological polar surface area (TPSA) is 59.4 Å². The normalized spacial score (nSPS) is 15.3. The van der Waals surface area contributed by atoms with Gasteiger partial charge in [-0.25, -0.2) is 4.79 Å². The summed E-state index contributed by atoms with van der Waals surface area (Å²) in [6.07, 6.45) is 6.34. The molecule has 0 atom stereocenters. The van der Waals surface area contributed by atoms with Gasteiger partial charge in [-0.3, -0.25) is 0 Å². The van der Waals surface area contributed by atoms with Crippen molar-refractivity contribution in [1.82, 2.24) is 15.1 Å². The van der Waals surface area contributed by atoms with Gasteiger partial charge in [0, 0.05) is 20.1 Å². The Hall–Kier alpha value is -2.06. The molecule has 1 aromatic rings. The molecule has 1 saturated heterocycles. The van der Waals surface area contributed by atoms with Crippen LogP contribution in [0.1, 0.15) is 43.2 Å². The number of carbonyl (C=O) groups is 1. The first-order valence-electron chi connectivity index (χ1n) is 8.89. The fraction of sp³-hybridized carbons (Fsp3) is 0.579. The summed E-state index contributed by atoms with van der Waals surface area (Å²) in [4.78, 5) is 16.4. The van der Waals surface area contributed by atoms with Gasteiger partial charge in [0.05, 0.1) is 11.6 Å². The van der Waals surface area contributed by atoms with Crippen LogP contribution in [0.5, 0.6) is 0 Å². The number of amides is 2. The molecule has 1 N–H and O–H groups in total. The number of carbonyl (C=O) groups excluding carboxylic acids is 1. The van der Waals surface area contributed by atoms with Crippen molar-refractivity contribution in [3.63, 3.8) is 0 Å². The van der Waals surface area contributed by atoms with Gasteiger partial charge in [-0.05, 0) is 56.6 Å². The maximum Gasteiger partial charge on any atom is 0.317 e. The van der Waals surface area contributed by atoms with Crippen LogP contribution >= 0.6 is 0 Å². The monoisotopic (exact) mass is 328 g/mol. The molecule has 1 aliphatic heterocycles. The molecular weight excluding hydrogens is 300 g/mol. The lowest BCUT2D eigenvalue weighted by molar-refractivity contribution is 0.202. The van der Waals surface area contributed by atoms with Crippen LogP contribution < -0.4 is 5.32 Å². The van der Waals surface area contributed by atoms with E-state index in [2.05, 4.69) is 16.3 Å². The van der Waals surface area contributed by atoms with Gasteiger partial charge in [0.25, 0.3) is 0 Å². The van der Waals surface area contributed by atoms with Crippen LogP contribution in [-0.4, -0.2) is 49.1 Å². The molecule has 0 saturated carbocycles. The third kappa shape index (κ3) is 6.21. The zero-order chi connectivity index (χ0) is 17.2. The standard InChI is InChI=1S/C19H28N4O/c1-22(11-6-14-23-12-4-2-3-5-13-23)19(24)21-16-18-9-7-17(15-20)8-10-18/h7-10H,2-6,11-14,16H2,1H3,(H,21,24). The summed E-state index contributed by atoms with van der Waals surface area (Å²) in [6.45, 7) is 4.74. The zero-order valence-corrected chi connectivity index (χ0v) is 14.6. The Balaban J connectivity index is 1.65. The molecule has 2 amide bonds. The molecular formula is C19H28N4O. The summed E-state index contributed by atoms with van der Waals surface area (Å²) < 4.78 is 0. The van der Waals surface area contributed by atoms with Crippen molar-refractivity contribution in [1.29, 1.82) is 5.26 Å². The quantitative estimate of drug-likeness (QED) is 0.873. The lowest BCUT2D eigenvalue weighted by atomic mass is 10.1. The second-order valence-electron chi connectivity index (χ2n) is 6.50. The Morgan fingerprint density at radius 1 is 1.21 bits per heavy atom. The SMILES string of the molecule is CN(CCCN1CCCCCC1)C(=O)NCc1ccc(C#N)cc1. The fourth-order valence-corrected chi connectivity index (χ4v) is 3.00. The molecule has 5 heteroatoms. The van der Waals surface area contributed by atoms with Gasteiger partial charge in [-0.1, -0.05) is 25.0 Å². The van der Waals surface area contributed by atoms with Crippen LogP contribution in [0.3, 0.4) is 0 Å². The second kappa shape index (κ2) is 9.94. The number of nitriles is 1. The Labute approximate surface area is 145 Å². The molecule has 1 heterocycles. The molecule has 0 spiro atoms. The highest BCUT2D eigenvalue weighted by atomic mass is 16.2. The number of hydrogen-bond acceptors (Lipinski definition) is 3. The van der Waals surface area contributed by atoms with Crippen LogP contribution in [-0.2, 0) is 6.54 Å². The molecule has 0 aromatic heterocycles. The minimum absolute atomic E-state index is 0.0461. The predicted molar refractivity (Wildman–Crippen MR) is 95.5 cm³/mol. The van der Waals surface area contributed by atoms with Crippen LogP contribution in [0.2, 0.25) is 0 Å². The number of urea groups is 1. The van der Waals surface area contributed by atoms with Crippen molar-refractivity contribution in [2.75, 3.05) is 33.2 Å². The van der Waals surface area contributed by atoms with Crippen LogP contribution in [0.4, 0.5) is 4.79 Å². The molecule has 1 aromatic carbocycles. The van der Waals surface area contributed by atoms with E-state index in [-0.39, 0.29) is 6.03 Å².